The van der Waals surface area contributed by atoms with E-state index in [-0.39, 0.29) is 18.0 Å². The normalized spacial score (nSPS) is 17.9. The average molecular weight is 401 g/mol. The van der Waals surface area contributed by atoms with Gasteiger partial charge in [0, 0.05) is 24.3 Å². The van der Waals surface area contributed by atoms with Gasteiger partial charge in [0.15, 0.2) is 0 Å². The Morgan fingerprint density at radius 1 is 1.03 bits per heavy atom. The van der Waals surface area contributed by atoms with Gasteiger partial charge in [0.2, 0.25) is 5.91 Å². The first-order valence-electron chi connectivity index (χ1n) is 10.4. The number of nitrogens with one attached hydrogen (secondary N) is 1. The van der Waals surface area contributed by atoms with Crippen molar-refractivity contribution in [1.82, 2.24) is 0 Å². The molecule has 30 heavy (non-hydrogen) atoms. The van der Waals surface area contributed by atoms with E-state index < -0.39 is 0 Å². The number of carbonyl (C=O) groups excluding carboxylic acids is 1. The quantitative estimate of drug-likeness (QED) is 0.587. The van der Waals surface area contributed by atoms with Gasteiger partial charge in [0.25, 0.3) is 0 Å². The lowest BCUT2D eigenvalue weighted by Gasteiger charge is -2.39. The topological polar surface area (TPSA) is 41.6 Å². The van der Waals surface area contributed by atoms with Crippen LogP contribution in [-0.2, 0) is 4.79 Å². The number of benzene rings is 3. The van der Waals surface area contributed by atoms with Gasteiger partial charge in [-0.15, -0.1) is 0 Å². The highest BCUT2D eigenvalue weighted by atomic mass is 16.5. The third-order valence-corrected chi connectivity index (χ3v) is 5.80. The Morgan fingerprint density at radius 3 is 2.43 bits per heavy atom. The molecule has 0 aromatic heterocycles. The number of nitrogens with zero attached hydrogens (tertiary/aromatic N) is 1. The Balaban J connectivity index is 1.75. The molecule has 2 atom stereocenters. The molecule has 1 N–H and O–H groups in total. The number of anilines is 2. The minimum atomic E-state index is 0.0787. The molecule has 0 saturated heterocycles. The lowest BCUT2D eigenvalue weighted by Crippen LogP contribution is -2.43. The Hall–Kier alpha value is -3.27. The lowest BCUT2D eigenvalue weighted by molar-refractivity contribution is -0.117. The van der Waals surface area contributed by atoms with E-state index in [1.54, 1.807) is 14.0 Å². The van der Waals surface area contributed by atoms with Crippen molar-refractivity contribution in [1.29, 1.82) is 0 Å². The molecule has 1 aliphatic heterocycles. The number of fused-ring (bicyclic) bond motifs is 1. The summed E-state index contributed by atoms with van der Waals surface area (Å²) < 4.78 is 5.28. The number of ether oxygens (including phenoxy) is 1. The second-order valence-corrected chi connectivity index (χ2v) is 8.04. The maximum absolute atomic E-state index is 12.4. The molecule has 4 nitrogen and oxygen atoms in total. The van der Waals surface area contributed by atoms with Crippen molar-refractivity contribution in [3.63, 3.8) is 0 Å². The molecule has 0 aliphatic carbocycles. The van der Waals surface area contributed by atoms with Gasteiger partial charge in [0.1, 0.15) is 5.75 Å². The van der Waals surface area contributed by atoms with Crippen LogP contribution >= 0.6 is 0 Å². The minimum Gasteiger partial charge on any atom is -0.497 e. The highest BCUT2D eigenvalue weighted by Crippen LogP contribution is 2.41. The predicted molar refractivity (Wildman–Crippen MR) is 123 cm³/mol. The van der Waals surface area contributed by atoms with Crippen LogP contribution in [0.5, 0.6) is 5.75 Å². The molecule has 4 heteroatoms. The molecule has 3 aromatic carbocycles. The van der Waals surface area contributed by atoms with E-state index in [2.05, 4.69) is 61.6 Å². The average Bonchev–Trinajstić information content (AvgIpc) is 2.74. The molecule has 0 spiro atoms. The van der Waals surface area contributed by atoms with Crippen LogP contribution in [0.2, 0.25) is 0 Å². The first-order valence-corrected chi connectivity index (χ1v) is 10.4. The second kappa shape index (κ2) is 8.23. The third kappa shape index (κ3) is 3.90. The predicted octanol–water partition coefficient (Wildman–Crippen LogP) is 5.97. The second-order valence-electron chi connectivity index (χ2n) is 8.04. The summed E-state index contributed by atoms with van der Waals surface area (Å²) in [5.74, 6) is 0.914. The monoisotopic (exact) mass is 400 g/mol. The molecule has 1 amide bonds. The standard InChI is InChI=1S/C26H28N2O2/c1-17-6-5-7-20(14-17)21-8-13-26-24(16-21)25(15-18(2)28(26)19(3)29)27-22-9-11-23(30-4)12-10-22/h5-14,16,18,25,27H,15H2,1-4H3/t18-,25+/m0/s1. The van der Waals surface area contributed by atoms with Gasteiger partial charge in [-0.2, -0.15) is 0 Å². The zero-order valence-corrected chi connectivity index (χ0v) is 18.0. The molecular weight excluding hydrogens is 372 g/mol. The lowest BCUT2D eigenvalue weighted by atomic mass is 9.88. The molecule has 0 radical (unpaired) electrons. The van der Waals surface area contributed by atoms with Crippen molar-refractivity contribution < 1.29 is 9.53 Å². The summed E-state index contributed by atoms with van der Waals surface area (Å²) in [6, 6.07) is 23.2. The summed E-state index contributed by atoms with van der Waals surface area (Å²) in [5.41, 5.74) is 6.76. The fourth-order valence-electron chi connectivity index (χ4n) is 4.37. The van der Waals surface area contributed by atoms with Crippen LogP contribution in [0.15, 0.2) is 66.7 Å². The van der Waals surface area contributed by atoms with Crippen LogP contribution < -0.4 is 15.0 Å². The van der Waals surface area contributed by atoms with E-state index >= 15 is 0 Å². The summed E-state index contributed by atoms with van der Waals surface area (Å²) >= 11 is 0. The summed E-state index contributed by atoms with van der Waals surface area (Å²) in [5, 5.41) is 3.67. The minimum absolute atomic E-state index is 0.0787. The largest absolute Gasteiger partial charge is 0.497 e. The van der Waals surface area contributed by atoms with Crippen molar-refractivity contribution in [3.8, 4) is 16.9 Å². The molecule has 1 heterocycles. The van der Waals surface area contributed by atoms with E-state index in [0.29, 0.717) is 0 Å². The van der Waals surface area contributed by atoms with Gasteiger partial charge in [-0.05, 0) is 73.4 Å². The van der Waals surface area contributed by atoms with Gasteiger partial charge in [0.05, 0.1) is 13.2 Å². The van der Waals surface area contributed by atoms with Gasteiger partial charge < -0.3 is 15.0 Å². The number of hydrogen-bond donors (Lipinski definition) is 1. The molecular formula is C26H28N2O2. The van der Waals surface area contributed by atoms with E-state index in [4.69, 9.17) is 4.74 Å². The Labute approximate surface area is 178 Å². The molecule has 154 valence electrons. The number of aryl methyl sites for hydroxylation is 1. The van der Waals surface area contributed by atoms with E-state index in [9.17, 15) is 4.79 Å². The van der Waals surface area contributed by atoms with E-state index in [1.807, 2.05) is 29.2 Å². The Morgan fingerprint density at radius 2 is 1.77 bits per heavy atom. The molecule has 3 aromatic rings. The van der Waals surface area contributed by atoms with Crippen molar-refractivity contribution in [3.05, 3.63) is 77.9 Å². The van der Waals surface area contributed by atoms with Crippen molar-refractivity contribution in [2.24, 2.45) is 0 Å². The van der Waals surface area contributed by atoms with Crippen LogP contribution in [0.3, 0.4) is 0 Å². The Kier molecular flexibility index (Phi) is 5.49. The van der Waals surface area contributed by atoms with Crippen LogP contribution in [0, 0.1) is 6.92 Å². The number of carbonyl (C=O) groups is 1. The molecule has 0 unspecified atom stereocenters. The van der Waals surface area contributed by atoms with Gasteiger partial charge in [-0.25, -0.2) is 0 Å². The van der Waals surface area contributed by atoms with Gasteiger partial charge >= 0.3 is 0 Å². The molecule has 0 saturated carbocycles. The van der Waals surface area contributed by atoms with Gasteiger partial charge in [-0.3, -0.25) is 4.79 Å². The van der Waals surface area contributed by atoms with E-state index in [1.165, 1.54) is 11.1 Å². The SMILES string of the molecule is COc1ccc(N[C@@H]2C[C@H](C)N(C(C)=O)c3ccc(-c4cccc(C)c4)cc32)cc1. The fraction of sp³-hybridized carbons (Fsp3) is 0.269. The summed E-state index contributed by atoms with van der Waals surface area (Å²) in [6.07, 6.45) is 0.843. The van der Waals surface area contributed by atoms with Crippen molar-refractivity contribution >= 4 is 17.3 Å². The highest BCUT2D eigenvalue weighted by molar-refractivity contribution is 5.94. The zero-order chi connectivity index (χ0) is 21.3. The number of methoxy groups -OCH3 is 1. The maximum atomic E-state index is 12.4. The van der Waals surface area contributed by atoms with Crippen LogP contribution in [0.1, 0.15) is 37.4 Å². The maximum Gasteiger partial charge on any atom is 0.224 e. The summed E-state index contributed by atoms with van der Waals surface area (Å²) in [6.45, 7) is 5.86. The van der Waals surface area contributed by atoms with Crippen molar-refractivity contribution in [2.45, 2.75) is 39.3 Å². The number of amides is 1. The van der Waals surface area contributed by atoms with Crippen molar-refractivity contribution in [2.75, 3.05) is 17.3 Å². The third-order valence-electron chi connectivity index (χ3n) is 5.80. The summed E-state index contributed by atoms with van der Waals surface area (Å²) in [4.78, 5) is 14.3. The first kappa shape index (κ1) is 20.0. The number of hydrogen-bond acceptors (Lipinski definition) is 3. The molecule has 0 fully saturated rings. The fourth-order valence-corrected chi connectivity index (χ4v) is 4.37. The smallest absolute Gasteiger partial charge is 0.224 e. The molecule has 4 rings (SSSR count). The van der Waals surface area contributed by atoms with Crippen LogP contribution in [0.4, 0.5) is 11.4 Å². The summed E-state index contributed by atoms with van der Waals surface area (Å²) in [7, 11) is 1.67. The highest BCUT2D eigenvalue weighted by Gasteiger charge is 2.32. The Bertz CT molecular complexity index is 1060. The molecule has 1 aliphatic rings. The van der Waals surface area contributed by atoms with E-state index in [0.717, 1.165) is 34.7 Å². The van der Waals surface area contributed by atoms with Crippen LogP contribution in [-0.4, -0.2) is 19.1 Å². The number of rotatable bonds is 4. The first-order chi connectivity index (χ1) is 14.5. The van der Waals surface area contributed by atoms with Gasteiger partial charge in [-0.1, -0.05) is 35.9 Å². The van der Waals surface area contributed by atoms with Crippen LogP contribution in [0.25, 0.3) is 11.1 Å². The molecule has 0 bridgehead atoms. The zero-order valence-electron chi connectivity index (χ0n) is 18.0.